The van der Waals surface area contributed by atoms with Gasteiger partial charge in [-0.05, 0) is 26.1 Å². The molecule has 3 nitrogen and oxygen atoms in total. The van der Waals surface area contributed by atoms with Gasteiger partial charge in [0.25, 0.3) is 0 Å². The largest absolute Gasteiger partial charge is 0.381 e. The quantitative estimate of drug-likeness (QED) is 0.704. The minimum atomic E-state index is 0.310. The predicted octanol–water partition coefficient (Wildman–Crippen LogP) is 2.46. The lowest BCUT2D eigenvalue weighted by atomic mass is 9.86. The third-order valence-corrected chi connectivity index (χ3v) is 4.83. The third-order valence-electron chi connectivity index (χ3n) is 4.11. The van der Waals surface area contributed by atoms with Crippen molar-refractivity contribution in [2.24, 2.45) is 5.41 Å². The van der Waals surface area contributed by atoms with Crippen LogP contribution >= 0.6 is 11.8 Å². The minimum Gasteiger partial charge on any atom is -0.381 e. The Hall–Kier alpha value is 0.230. The molecule has 2 unspecified atom stereocenters. The molecule has 1 aliphatic rings. The maximum Gasteiger partial charge on any atom is 0.0547 e. The topological polar surface area (TPSA) is 24.5 Å². The molecule has 1 fully saturated rings. The summed E-state index contributed by atoms with van der Waals surface area (Å²) in [7, 11) is 2.28. The van der Waals surface area contributed by atoms with Gasteiger partial charge in [0.1, 0.15) is 0 Å². The zero-order valence-corrected chi connectivity index (χ0v) is 14.2. The van der Waals surface area contributed by atoms with Crippen molar-refractivity contribution in [2.75, 3.05) is 45.4 Å². The Bertz CT molecular complexity index is 242. The molecule has 0 aromatic rings. The first-order chi connectivity index (χ1) is 9.03. The summed E-state index contributed by atoms with van der Waals surface area (Å²) in [5, 5.41) is 3.61. The lowest BCUT2D eigenvalue weighted by molar-refractivity contribution is 0.103. The summed E-state index contributed by atoms with van der Waals surface area (Å²) in [6.45, 7) is 10.8. The molecule has 0 aromatic carbocycles. The second-order valence-corrected chi connectivity index (χ2v) is 7.18. The summed E-state index contributed by atoms with van der Waals surface area (Å²) in [5.41, 5.74) is 0.310. The van der Waals surface area contributed by atoms with E-state index in [1.54, 1.807) is 0 Å². The van der Waals surface area contributed by atoms with Crippen molar-refractivity contribution in [1.29, 1.82) is 0 Å². The highest BCUT2D eigenvalue weighted by Gasteiger charge is 2.36. The van der Waals surface area contributed by atoms with Crippen LogP contribution in [0.2, 0.25) is 0 Å². The maximum absolute atomic E-state index is 5.70. The fraction of sp³-hybridized carbons (Fsp3) is 1.00. The smallest absolute Gasteiger partial charge is 0.0547 e. The van der Waals surface area contributed by atoms with Crippen LogP contribution in [0.5, 0.6) is 0 Å². The van der Waals surface area contributed by atoms with Gasteiger partial charge >= 0.3 is 0 Å². The molecule has 114 valence electrons. The van der Waals surface area contributed by atoms with Gasteiger partial charge in [-0.2, -0.15) is 11.8 Å². The van der Waals surface area contributed by atoms with Crippen LogP contribution in [-0.2, 0) is 4.74 Å². The highest BCUT2D eigenvalue weighted by Crippen LogP contribution is 2.30. The van der Waals surface area contributed by atoms with Crippen molar-refractivity contribution < 1.29 is 4.74 Å². The molecule has 0 spiro atoms. The van der Waals surface area contributed by atoms with Gasteiger partial charge in [0.15, 0.2) is 0 Å². The summed E-state index contributed by atoms with van der Waals surface area (Å²) in [5.74, 6) is 1.22. The second kappa shape index (κ2) is 8.50. The molecular formula is C15H32N2OS. The Balaban J connectivity index is 2.56. The summed E-state index contributed by atoms with van der Waals surface area (Å²) in [6, 6.07) is 1.24. The van der Waals surface area contributed by atoms with Gasteiger partial charge in [-0.15, -0.1) is 0 Å². The molecule has 1 heterocycles. The Morgan fingerprint density at radius 3 is 2.63 bits per heavy atom. The standard InChI is InChI=1S/C15H32N2OS/c1-6-14(9-19-5)17(4)11-15(7-8-18-12-15)10-16-13(2)3/h13-14,16H,6-12H2,1-5H3. The van der Waals surface area contributed by atoms with Crippen LogP contribution in [0, 0.1) is 5.41 Å². The first-order valence-electron chi connectivity index (χ1n) is 7.53. The predicted molar refractivity (Wildman–Crippen MR) is 86.1 cm³/mol. The lowest BCUT2D eigenvalue weighted by Crippen LogP contribution is -2.48. The molecule has 1 rings (SSSR count). The third kappa shape index (κ3) is 5.62. The highest BCUT2D eigenvalue weighted by molar-refractivity contribution is 7.98. The van der Waals surface area contributed by atoms with Gasteiger partial charge in [0.2, 0.25) is 0 Å². The van der Waals surface area contributed by atoms with Crippen LogP contribution in [0.25, 0.3) is 0 Å². The van der Waals surface area contributed by atoms with Gasteiger partial charge in [-0.3, -0.25) is 0 Å². The van der Waals surface area contributed by atoms with Crippen LogP contribution in [0.1, 0.15) is 33.6 Å². The summed E-state index contributed by atoms with van der Waals surface area (Å²) in [6.07, 6.45) is 4.61. The van der Waals surface area contributed by atoms with Gasteiger partial charge in [0, 0.05) is 42.9 Å². The average molecular weight is 289 g/mol. The number of nitrogens with zero attached hydrogens (tertiary/aromatic N) is 1. The fourth-order valence-corrected chi connectivity index (χ4v) is 3.67. The highest BCUT2D eigenvalue weighted by atomic mass is 32.2. The number of rotatable bonds is 9. The van der Waals surface area contributed by atoms with Gasteiger partial charge < -0.3 is 15.0 Å². The average Bonchev–Trinajstić information content (AvgIpc) is 2.82. The van der Waals surface area contributed by atoms with E-state index in [0.29, 0.717) is 17.5 Å². The lowest BCUT2D eigenvalue weighted by Gasteiger charge is -2.37. The van der Waals surface area contributed by atoms with Gasteiger partial charge in [0.05, 0.1) is 6.61 Å². The minimum absolute atomic E-state index is 0.310. The van der Waals surface area contributed by atoms with Gasteiger partial charge in [-0.1, -0.05) is 20.8 Å². The molecule has 0 bridgehead atoms. The van der Waals surface area contributed by atoms with E-state index in [1.807, 2.05) is 11.8 Å². The van der Waals surface area contributed by atoms with Crippen molar-refractivity contribution in [1.82, 2.24) is 10.2 Å². The Kier molecular flexibility index (Phi) is 7.73. The zero-order chi connectivity index (χ0) is 14.3. The molecule has 1 aliphatic heterocycles. The molecule has 1 N–H and O–H groups in total. The van der Waals surface area contributed by atoms with E-state index >= 15 is 0 Å². The first-order valence-corrected chi connectivity index (χ1v) is 8.92. The molecule has 0 saturated carbocycles. The van der Waals surface area contributed by atoms with E-state index in [-0.39, 0.29) is 0 Å². The van der Waals surface area contributed by atoms with Crippen LogP contribution in [0.3, 0.4) is 0 Å². The van der Waals surface area contributed by atoms with E-state index < -0.39 is 0 Å². The van der Waals surface area contributed by atoms with Crippen LogP contribution in [0.4, 0.5) is 0 Å². The first kappa shape index (κ1) is 17.3. The molecule has 0 aliphatic carbocycles. The zero-order valence-electron chi connectivity index (χ0n) is 13.4. The molecule has 4 heteroatoms. The van der Waals surface area contributed by atoms with E-state index in [9.17, 15) is 0 Å². The number of nitrogens with one attached hydrogen (secondary N) is 1. The molecule has 0 amide bonds. The summed E-state index contributed by atoms with van der Waals surface area (Å²) >= 11 is 1.95. The number of thioether (sulfide) groups is 1. The van der Waals surface area contributed by atoms with Crippen molar-refractivity contribution in [3.8, 4) is 0 Å². The summed E-state index contributed by atoms with van der Waals surface area (Å²) in [4.78, 5) is 2.55. The SMILES string of the molecule is CCC(CSC)N(C)CC1(CNC(C)C)CCOC1. The molecule has 1 saturated heterocycles. The van der Waals surface area contributed by atoms with Crippen LogP contribution in [0.15, 0.2) is 0 Å². The monoisotopic (exact) mass is 288 g/mol. The van der Waals surface area contributed by atoms with E-state index in [1.165, 1.54) is 18.6 Å². The number of hydrogen-bond donors (Lipinski definition) is 1. The summed E-state index contributed by atoms with van der Waals surface area (Å²) < 4.78 is 5.70. The van der Waals surface area contributed by atoms with E-state index in [4.69, 9.17) is 4.74 Å². The number of ether oxygens (including phenoxy) is 1. The Morgan fingerprint density at radius 1 is 1.42 bits per heavy atom. The molecule has 19 heavy (non-hydrogen) atoms. The van der Waals surface area contributed by atoms with Crippen LogP contribution < -0.4 is 5.32 Å². The van der Waals surface area contributed by atoms with Gasteiger partial charge in [-0.25, -0.2) is 0 Å². The van der Waals surface area contributed by atoms with Crippen molar-refractivity contribution >= 4 is 11.8 Å². The molecule has 0 radical (unpaired) electrons. The van der Waals surface area contributed by atoms with Crippen molar-refractivity contribution in [2.45, 2.75) is 45.7 Å². The van der Waals surface area contributed by atoms with Crippen molar-refractivity contribution in [3.05, 3.63) is 0 Å². The Labute approximate surface area is 123 Å². The maximum atomic E-state index is 5.70. The normalized spacial score (nSPS) is 25.4. The second-order valence-electron chi connectivity index (χ2n) is 6.27. The van der Waals surface area contributed by atoms with E-state index in [0.717, 1.165) is 26.3 Å². The molecular weight excluding hydrogens is 256 g/mol. The molecule has 0 aromatic heterocycles. The van der Waals surface area contributed by atoms with Crippen molar-refractivity contribution in [3.63, 3.8) is 0 Å². The fourth-order valence-electron chi connectivity index (χ4n) is 2.80. The number of hydrogen-bond acceptors (Lipinski definition) is 4. The van der Waals surface area contributed by atoms with E-state index in [2.05, 4.69) is 44.3 Å². The Morgan fingerprint density at radius 2 is 2.16 bits per heavy atom. The molecule has 2 atom stereocenters. The van der Waals surface area contributed by atoms with Crippen LogP contribution in [-0.4, -0.2) is 62.3 Å².